The summed E-state index contributed by atoms with van der Waals surface area (Å²) < 4.78 is 19.1. The molecule has 9 heteroatoms. The number of halogens is 2. The quantitative estimate of drug-likeness (QED) is 0.596. The lowest BCUT2D eigenvalue weighted by molar-refractivity contribution is -0.128. The van der Waals surface area contributed by atoms with E-state index in [9.17, 15) is 18.8 Å². The number of carbonyl (C=O) groups excluding carboxylic acids is 3. The monoisotopic (exact) mass is 446 g/mol. The highest BCUT2D eigenvalue weighted by atomic mass is 35.5. The van der Waals surface area contributed by atoms with E-state index in [0.717, 1.165) is 11.3 Å². The topological polar surface area (TPSA) is 75.7 Å². The number of esters is 1. The van der Waals surface area contributed by atoms with Crippen molar-refractivity contribution < 1.29 is 23.5 Å². The fourth-order valence-electron chi connectivity index (χ4n) is 3.33. The third-order valence-corrected chi connectivity index (χ3v) is 6.50. The molecule has 3 aromatic rings. The van der Waals surface area contributed by atoms with Gasteiger partial charge in [-0.15, -0.1) is 11.3 Å². The van der Waals surface area contributed by atoms with E-state index in [1.807, 2.05) is 0 Å². The van der Waals surface area contributed by atoms with Gasteiger partial charge in [0.15, 0.2) is 6.61 Å². The molecule has 154 valence electrons. The Morgan fingerprint density at radius 3 is 2.73 bits per heavy atom. The highest BCUT2D eigenvalue weighted by molar-refractivity contribution is 7.21. The van der Waals surface area contributed by atoms with Gasteiger partial charge in [0.1, 0.15) is 16.2 Å². The van der Waals surface area contributed by atoms with Gasteiger partial charge in [-0.25, -0.2) is 9.18 Å². The van der Waals surface area contributed by atoms with Crippen molar-refractivity contribution in [2.75, 3.05) is 16.8 Å². The number of fused-ring (bicyclic) bond motifs is 2. The highest BCUT2D eigenvalue weighted by Crippen LogP contribution is 2.38. The van der Waals surface area contributed by atoms with E-state index in [-0.39, 0.29) is 15.8 Å². The van der Waals surface area contributed by atoms with E-state index in [4.69, 9.17) is 16.3 Å². The van der Waals surface area contributed by atoms with E-state index in [1.54, 1.807) is 38.1 Å². The number of benzene rings is 2. The van der Waals surface area contributed by atoms with Crippen LogP contribution in [0.5, 0.6) is 0 Å². The minimum Gasteiger partial charge on any atom is -0.451 e. The summed E-state index contributed by atoms with van der Waals surface area (Å²) in [6, 6.07) is 10.9. The van der Waals surface area contributed by atoms with Crippen LogP contribution in [0.1, 0.15) is 23.5 Å². The molecule has 1 N–H and O–H groups in total. The van der Waals surface area contributed by atoms with Crippen LogP contribution in [-0.2, 0) is 14.3 Å². The summed E-state index contributed by atoms with van der Waals surface area (Å²) in [5, 5.41) is 3.45. The number of hydrogen-bond donors (Lipinski definition) is 1. The third-order valence-electron chi connectivity index (χ3n) is 4.86. The van der Waals surface area contributed by atoms with Gasteiger partial charge in [-0.05, 0) is 44.2 Å². The number of ether oxygens (including phenoxy) is 1. The Morgan fingerprint density at radius 1 is 1.23 bits per heavy atom. The number of thiophene rings is 1. The van der Waals surface area contributed by atoms with Crippen LogP contribution >= 0.6 is 22.9 Å². The van der Waals surface area contributed by atoms with E-state index in [2.05, 4.69) is 5.32 Å². The van der Waals surface area contributed by atoms with E-state index >= 15 is 0 Å². The second-order valence-corrected chi connectivity index (χ2v) is 8.65. The molecular weight excluding hydrogens is 431 g/mol. The number of carbonyl (C=O) groups is 3. The van der Waals surface area contributed by atoms with Gasteiger partial charge in [0.05, 0.1) is 16.4 Å². The smallest absolute Gasteiger partial charge is 0.350 e. The zero-order valence-corrected chi connectivity index (χ0v) is 17.6. The molecule has 0 fully saturated rings. The predicted molar refractivity (Wildman–Crippen MR) is 114 cm³/mol. The first-order valence-corrected chi connectivity index (χ1v) is 10.2. The molecule has 2 aromatic carbocycles. The normalized spacial score (nSPS) is 14.9. The second-order valence-electron chi connectivity index (χ2n) is 7.22. The first-order chi connectivity index (χ1) is 14.2. The summed E-state index contributed by atoms with van der Waals surface area (Å²) in [7, 11) is 0. The number of nitrogens with one attached hydrogen (secondary N) is 1. The number of nitrogens with zero attached hydrogens (tertiary/aromatic N) is 1. The predicted octanol–water partition coefficient (Wildman–Crippen LogP) is 4.61. The lowest BCUT2D eigenvalue weighted by atomic mass is 9.96. The van der Waals surface area contributed by atoms with Gasteiger partial charge in [0, 0.05) is 10.1 Å². The maximum Gasteiger partial charge on any atom is 0.350 e. The molecule has 0 radical (unpaired) electrons. The molecule has 0 saturated carbocycles. The summed E-state index contributed by atoms with van der Waals surface area (Å²) in [4.78, 5) is 39.4. The maximum atomic E-state index is 13.4. The van der Waals surface area contributed by atoms with Crippen molar-refractivity contribution >= 4 is 62.2 Å². The summed E-state index contributed by atoms with van der Waals surface area (Å²) >= 11 is 7.23. The van der Waals surface area contributed by atoms with Gasteiger partial charge in [-0.3, -0.25) is 14.5 Å². The maximum absolute atomic E-state index is 13.4. The molecule has 0 atom stereocenters. The van der Waals surface area contributed by atoms with Crippen molar-refractivity contribution in [3.63, 3.8) is 0 Å². The summed E-state index contributed by atoms with van der Waals surface area (Å²) in [5.74, 6) is -2.14. The molecule has 0 saturated heterocycles. The molecule has 1 aliphatic rings. The van der Waals surface area contributed by atoms with Crippen molar-refractivity contribution in [1.29, 1.82) is 0 Å². The zero-order valence-electron chi connectivity index (χ0n) is 16.0. The molecule has 0 spiro atoms. The zero-order chi connectivity index (χ0) is 21.6. The fraction of sp³-hybridized carbons (Fsp3) is 0.190. The van der Waals surface area contributed by atoms with Crippen LogP contribution in [0.4, 0.5) is 15.8 Å². The molecule has 1 aliphatic heterocycles. The Kier molecular flexibility index (Phi) is 4.99. The standard InChI is InChI=1S/C21H16ClFN2O4S/c1-21(2)20(28)24-13-5-3-4-6-14(13)25(21)16(26)10-29-19(27)18-17(22)12-8-7-11(23)9-15(12)30-18/h3-9H,10H2,1-2H3,(H,24,28). The van der Waals surface area contributed by atoms with Gasteiger partial charge in [-0.1, -0.05) is 23.7 Å². The molecule has 1 aromatic heterocycles. The van der Waals surface area contributed by atoms with Crippen molar-refractivity contribution in [3.05, 3.63) is 58.2 Å². The van der Waals surface area contributed by atoms with Crippen LogP contribution in [0.25, 0.3) is 10.1 Å². The minimum atomic E-state index is -1.18. The average Bonchev–Trinajstić information content (AvgIpc) is 3.02. The van der Waals surface area contributed by atoms with Crippen LogP contribution in [-0.4, -0.2) is 29.9 Å². The molecule has 6 nitrogen and oxygen atoms in total. The lowest BCUT2D eigenvalue weighted by Gasteiger charge is -2.41. The lowest BCUT2D eigenvalue weighted by Crippen LogP contribution is -2.59. The number of rotatable bonds is 3. The highest BCUT2D eigenvalue weighted by Gasteiger charge is 2.43. The molecule has 4 rings (SSSR count). The number of hydrogen-bond acceptors (Lipinski definition) is 5. The number of amides is 2. The van der Waals surface area contributed by atoms with E-state index < -0.39 is 29.8 Å². The van der Waals surface area contributed by atoms with Crippen LogP contribution in [0.15, 0.2) is 42.5 Å². The largest absolute Gasteiger partial charge is 0.451 e. The third kappa shape index (κ3) is 3.32. The van der Waals surface area contributed by atoms with Crippen LogP contribution in [0.3, 0.4) is 0 Å². The van der Waals surface area contributed by atoms with Gasteiger partial charge < -0.3 is 10.1 Å². The SMILES string of the molecule is CC1(C)C(=O)Nc2ccccc2N1C(=O)COC(=O)c1sc2cc(F)ccc2c1Cl. The summed E-state index contributed by atoms with van der Waals surface area (Å²) in [5.41, 5.74) is -0.167. The van der Waals surface area contributed by atoms with Gasteiger partial charge >= 0.3 is 5.97 Å². The Morgan fingerprint density at radius 2 is 1.97 bits per heavy atom. The molecular formula is C21H16ClFN2O4S. The molecule has 2 heterocycles. The summed E-state index contributed by atoms with van der Waals surface area (Å²) in [6.45, 7) is 2.63. The van der Waals surface area contributed by atoms with E-state index in [1.165, 1.54) is 23.1 Å². The van der Waals surface area contributed by atoms with Crippen LogP contribution in [0.2, 0.25) is 5.02 Å². The van der Waals surface area contributed by atoms with Gasteiger partial charge in [-0.2, -0.15) is 0 Å². The molecule has 0 unspecified atom stereocenters. The Balaban J connectivity index is 1.57. The first kappa shape index (κ1) is 20.3. The average molecular weight is 447 g/mol. The van der Waals surface area contributed by atoms with Gasteiger partial charge in [0.2, 0.25) is 5.91 Å². The Hall–Kier alpha value is -2.97. The Labute approximate surface area is 180 Å². The second kappa shape index (κ2) is 7.37. The summed E-state index contributed by atoms with van der Waals surface area (Å²) in [6.07, 6.45) is 0. The Bertz CT molecular complexity index is 1210. The van der Waals surface area contributed by atoms with Crippen molar-refractivity contribution in [1.82, 2.24) is 0 Å². The van der Waals surface area contributed by atoms with Crippen molar-refractivity contribution in [3.8, 4) is 0 Å². The van der Waals surface area contributed by atoms with E-state index in [0.29, 0.717) is 21.5 Å². The van der Waals surface area contributed by atoms with Crippen molar-refractivity contribution in [2.45, 2.75) is 19.4 Å². The molecule has 0 aliphatic carbocycles. The van der Waals surface area contributed by atoms with Crippen LogP contribution < -0.4 is 10.2 Å². The molecule has 2 amide bonds. The van der Waals surface area contributed by atoms with Gasteiger partial charge in [0.25, 0.3) is 5.91 Å². The number of anilines is 2. The molecule has 0 bridgehead atoms. The number of para-hydroxylation sites is 2. The fourth-order valence-corrected chi connectivity index (χ4v) is 4.75. The van der Waals surface area contributed by atoms with Crippen molar-refractivity contribution in [2.24, 2.45) is 0 Å². The molecule has 30 heavy (non-hydrogen) atoms. The first-order valence-electron chi connectivity index (χ1n) is 8.98. The van der Waals surface area contributed by atoms with Crippen LogP contribution in [0, 0.1) is 5.82 Å². The minimum absolute atomic E-state index is 0.0844.